The van der Waals surface area contributed by atoms with E-state index in [1.807, 2.05) is 31.2 Å². The Morgan fingerprint density at radius 3 is 2.24 bits per heavy atom. The standard InChI is InChI=1S/C23H28FN3O2/c1-4-17-7-5-6-8-20(17)25-21(28)23(2,3)22(29)27-15-13-26(14-16-27)19-11-9-18(24)10-12-19/h5-12H,4,13-16H2,1-3H3,(H,25,28). The van der Waals surface area contributed by atoms with E-state index in [4.69, 9.17) is 0 Å². The first kappa shape index (κ1) is 20.8. The number of carbonyl (C=O) groups excluding carboxylic acids is 2. The topological polar surface area (TPSA) is 52.7 Å². The molecule has 2 aromatic carbocycles. The van der Waals surface area contributed by atoms with Gasteiger partial charge in [0.05, 0.1) is 0 Å². The quantitative estimate of drug-likeness (QED) is 0.783. The fraction of sp³-hybridized carbons (Fsp3) is 0.391. The first-order valence-electron chi connectivity index (χ1n) is 10.0. The maximum Gasteiger partial charge on any atom is 0.239 e. The molecule has 0 radical (unpaired) electrons. The summed E-state index contributed by atoms with van der Waals surface area (Å²) in [7, 11) is 0. The number of hydrogen-bond donors (Lipinski definition) is 1. The first-order valence-corrected chi connectivity index (χ1v) is 10.0. The summed E-state index contributed by atoms with van der Waals surface area (Å²) in [6.45, 7) is 7.72. The Bertz CT molecular complexity index is 872. The molecule has 1 fully saturated rings. The van der Waals surface area contributed by atoms with Gasteiger partial charge in [0.2, 0.25) is 11.8 Å². The first-order chi connectivity index (χ1) is 13.8. The Morgan fingerprint density at radius 2 is 1.62 bits per heavy atom. The third-order valence-electron chi connectivity index (χ3n) is 5.51. The molecule has 3 rings (SSSR count). The monoisotopic (exact) mass is 397 g/mol. The van der Waals surface area contributed by atoms with Gasteiger partial charge in [0.25, 0.3) is 0 Å². The van der Waals surface area contributed by atoms with Crippen molar-refractivity contribution >= 4 is 23.2 Å². The number of amides is 2. The Labute approximate surface area is 171 Å². The molecule has 1 saturated heterocycles. The molecule has 0 aromatic heterocycles. The zero-order chi connectivity index (χ0) is 21.0. The molecule has 0 aliphatic carbocycles. The summed E-state index contributed by atoms with van der Waals surface area (Å²) in [6, 6.07) is 14.0. The highest BCUT2D eigenvalue weighted by Gasteiger charge is 2.40. The van der Waals surface area contributed by atoms with E-state index in [9.17, 15) is 14.0 Å². The van der Waals surface area contributed by atoms with Crippen molar-refractivity contribution < 1.29 is 14.0 Å². The zero-order valence-electron chi connectivity index (χ0n) is 17.2. The number of hydrogen-bond acceptors (Lipinski definition) is 3. The van der Waals surface area contributed by atoms with Crippen molar-refractivity contribution in [3.63, 3.8) is 0 Å². The van der Waals surface area contributed by atoms with Crippen molar-refractivity contribution in [1.29, 1.82) is 0 Å². The third kappa shape index (κ3) is 4.58. The van der Waals surface area contributed by atoms with E-state index in [0.717, 1.165) is 23.4 Å². The lowest BCUT2D eigenvalue weighted by Crippen LogP contribution is -2.54. The molecule has 5 nitrogen and oxygen atoms in total. The summed E-state index contributed by atoms with van der Waals surface area (Å²) in [5.41, 5.74) is 1.56. The normalized spacial score (nSPS) is 14.6. The second-order valence-corrected chi connectivity index (χ2v) is 7.85. The number of nitrogens with one attached hydrogen (secondary N) is 1. The van der Waals surface area contributed by atoms with E-state index in [1.165, 1.54) is 12.1 Å². The van der Waals surface area contributed by atoms with Crippen LogP contribution in [0.3, 0.4) is 0 Å². The summed E-state index contributed by atoms with van der Waals surface area (Å²) < 4.78 is 13.1. The molecule has 0 spiro atoms. The molecule has 1 heterocycles. The number of carbonyl (C=O) groups is 2. The summed E-state index contributed by atoms with van der Waals surface area (Å²) in [5.74, 6) is -0.743. The lowest BCUT2D eigenvalue weighted by Gasteiger charge is -2.39. The Hall–Kier alpha value is -2.89. The van der Waals surface area contributed by atoms with Gasteiger partial charge in [-0.1, -0.05) is 25.1 Å². The second-order valence-electron chi connectivity index (χ2n) is 7.85. The summed E-state index contributed by atoms with van der Waals surface area (Å²) in [5, 5.41) is 2.93. The Kier molecular flexibility index (Phi) is 6.20. The van der Waals surface area contributed by atoms with Gasteiger partial charge in [0.1, 0.15) is 11.2 Å². The average Bonchev–Trinajstić information content (AvgIpc) is 2.74. The van der Waals surface area contributed by atoms with Crippen molar-refractivity contribution in [2.45, 2.75) is 27.2 Å². The molecule has 2 aromatic rings. The van der Waals surface area contributed by atoms with Crippen LogP contribution in [0.2, 0.25) is 0 Å². The third-order valence-corrected chi connectivity index (χ3v) is 5.51. The van der Waals surface area contributed by atoms with E-state index < -0.39 is 5.41 Å². The number of rotatable bonds is 5. The van der Waals surface area contributed by atoms with Crippen LogP contribution in [0.5, 0.6) is 0 Å². The Balaban J connectivity index is 1.63. The van der Waals surface area contributed by atoms with Gasteiger partial charge in [-0.25, -0.2) is 4.39 Å². The van der Waals surface area contributed by atoms with Gasteiger partial charge < -0.3 is 15.1 Å². The molecule has 1 aliphatic rings. The maximum absolute atomic E-state index is 13.1. The number of anilines is 2. The van der Waals surface area contributed by atoms with Gasteiger partial charge in [0, 0.05) is 37.6 Å². The number of nitrogens with zero attached hydrogens (tertiary/aromatic N) is 2. The summed E-state index contributed by atoms with van der Waals surface area (Å²) in [6.07, 6.45) is 0.802. The maximum atomic E-state index is 13.1. The van der Waals surface area contributed by atoms with Crippen LogP contribution >= 0.6 is 0 Å². The van der Waals surface area contributed by atoms with Crippen LogP contribution in [0, 0.1) is 11.2 Å². The van der Waals surface area contributed by atoms with E-state index >= 15 is 0 Å². The lowest BCUT2D eigenvalue weighted by molar-refractivity contribution is -0.146. The highest BCUT2D eigenvalue weighted by atomic mass is 19.1. The van der Waals surface area contributed by atoms with E-state index in [1.54, 1.807) is 30.9 Å². The molecule has 1 aliphatic heterocycles. The van der Waals surface area contributed by atoms with E-state index in [0.29, 0.717) is 26.2 Å². The summed E-state index contributed by atoms with van der Waals surface area (Å²) in [4.78, 5) is 29.9. The van der Waals surface area contributed by atoms with E-state index in [-0.39, 0.29) is 17.6 Å². The van der Waals surface area contributed by atoms with Crippen molar-refractivity contribution in [3.8, 4) is 0 Å². The second kappa shape index (κ2) is 8.64. The molecule has 29 heavy (non-hydrogen) atoms. The molecule has 0 bridgehead atoms. The molecule has 0 atom stereocenters. The molecule has 0 unspecified atom stereocenters. The van der Waals surface area contributed by atoms with Crippen LogP contribution in [0.15, 0.2) is 48.5 Å². The molecular formula is C23H28FN3O2. The molecule has 2 amide bonds. The zero-order valence-corrected chi connectivity index (χ0v) is 17.2. The number of halogens is 1. The lowest BCUT2D eigenvalue weighted by atomic mass is 9.89. The molecule has 1 N–H and O–H groups in total. The van der Waals surface area contributed by atoms with Gasteiger partial charge in [-0.2, -0.15) is 0 Å². The number of aryl methyl sites for hydroxylation is 1. The number of piperazine rings is 1. The molecule has 0 saturated carbocycles. The number of para-hydroxylation sites is 1. The van der Waals surface area contributed by atoms with Gasteiger partial charge in [-0.05, 0) is 56.2 Å². The highest BCUT2D eigenvalue weighted by molar-refractivity contribution is 6.10. The molecule has 6 heteroatoms. The minimum Gasteiger partial charge on any atom is -0.368 e. The highest BCUT2D eigenvalue weighted by Crippen LogP contribution is 2.25. The predicted octanol–water partition coefficient (Wildman–Crippen LogP) is 3.70. The number of benzene rings is 2. The van der Waals surface area contributed by atoms with Gasteiger partial charge in [-0.15, -0.1) is 0 Å². The Morgan fingerprint density at radius 1 is 1.00 bits per heavy atom. The smallest absolute Gasteiger partial charge is 0.239 e. The predicted molar refractivity (Wildman–Crippen MR) is 113 cm³/mol. The van der Waals surface area contributed by atoms with Crippen LogP contribution in [0.4, 0.5) is 15.8 Å². The fourth-order valence-electron chi connectivity index (χ4n) is 3.54. The van der Waals surface area contributed by atoms with Gasteiger partial charge in [-0.3, -0.25) is 9.59 Å². The van der Waals surface area contributed by atoms with Crippen molar-refractivity contribution in [3.05, 3.63) is 59.9 Å². The minimum atomic E-state index is -1.17. The molecular weight excluding hydrogens is 369 g/mol. The fourth-order valence-corrected chi connectivity index (χ4v) is 3.54. The van der Waals surface area contributed by atoms with Crippen molar-refractivity contribution in [2.75, 3.05) is 36.4 Å². The van der Waals surface area contributed by atoms with Gasteiger partial charge >= 0.3 is 0 Å². The van der Waals surface area contributed by atoms with Crippen molar-refractivity contribution in [1.82, 2.24) is 4.90 Å². The van der Waals surface area contributed by atoms with Crippen LogP contribution in [-0.2, 0) is 16.0 Å². The molecule has 154 valence electrons. The van der Waals surface area contributed by atoms with E-state index in [2.05, 4.69) is 10.2 Å². The average molecular weight is 397 g/mol. The SMILES string of the molecule is CCc1ccccc1NC(=O)C(C)(C)C(=O)N1CCN(c2ccc(F)cc2)CC1. The van der Waals surface area contributed by atoms with Crippen LogP contribution in [0.1, 0.15) is 26.3 Å². The van der Waals surface area contributed by atoms with Gasteiger partial charge in [0.15, 0.2) is 0 Å². The van der Waals surface area contributed by atoms with Crippen molar-refractivity contribution in [2.24, 2.45) is 5.41 Å². The van der Waals surface area contributed by atoms with Crippen LogP contribution in [-0.4, -0.2) is 42.9 Å². The largest absolute Gasteiger partial charge is 0.368 e. The van der Waals surface area contributed by atoms with Crippen LogP contribution < -0.4 is 10.2 Å². The summed E-state index contributed by atoms with van der Waals surface area (Å²) >= 11 is 0. The van der Waals surface area contributed by atoms with Crippen LogP contribution in [0.25, 0.3) is 0 Å². The minimum absolute atomic E-state index is 0.178.